The fourth-order valence-corrected chi connectivity index (χ4v) is 4.35. The van der Waals surface area contributed by atoms with Gasteiger partial charge in [-0.25, -0.2) is 4.79 Å². The number of nitrogens with one attached hydrogen (secondary N) is 1. The van der Waals surface area contributed by atoms with Gasteiger partial charge in [-0.05, 0) is 25.2 Å². The summed E-state index contributed by atoms with van der Waals surface area (Å²) >= 11 is 0. The number of ether oxygens (including phenoxy) is 1. The first-order chi connectivity index (χ1) is 12.6. The molecular formula is C18H27F3N4O2. The minimum absolute atomic E-state index is 0.0685. The van der Waals surface area contributed by atoms with Crippen molar-refractivity contribution in [1.29, 1.82) is 0 Å². The van der Waals surface area contributed by atoms with Crippen LogP contribution in [0.4, 0.5) is 23.7 Å². The van der Waals surface area contributed by atoms with Gasteiger partial charge in [0, 0.05) is 45.0 Å². The van der Waals surface area contributed by atoms with E-state index in [1.165, 1.54) is 4.90 Å². The van der Waals surface area contributed by atoms with Gasteiger partial charge in [0.25, 0.3) is 0 Å². The van der Waals surface area contributed by atoms with E-state index in [9.17, 15) is 18.0 Å². The van der Waals surface area contributed by atoms with Gasteiger partial charge >= 0.3 is 12.2 Å². The molecule has 2 aliphatic heterocycles. The van der Waals surface area contributed by atoms with Crippen LogP contribution in [0.5, 0.6) is 0 Å². The van der Waals surface area contributed by atoms with Gasteiger partial charge < -0.3 is 15.0 Å². The Bertz CT molecular complexity index is 681. The number of anilines is 1. The Morgan fingerprint density at radius 2 is 2.04 bits per heavy atom. The molecule has 2 fully saturated rings. The number of likely N-dealkylation sites (tertiary alicyclic amines) is 1. The van der Waals surface area contributed by atoms with Crippen LogP contribution in [0.15, 0.2) is 6.20 Å². The van der Waals surface area contributed by atoms with Gasteiger partial charge in [0.1, 0.15) is 0 Å². The fraction of sp³-hybridized carbons (Fsp3) is 0.778. The number of amides is 2. The number of rotatable bonds is 2. The van der Waals surface area contributed by atoms with E-state index >= 15 is 0 Å². The van der Waals surface area contributed by atoms with Gasteiger partial charge in [-0.15, -0.1) is 0 Å². The summed E-state index contributed by atoms with van der Waals surface area (Å²) in [6.45, 7) is 4.76. The molecule has 6 nitrogen and oxygen atoms in total. The smallest absolute Gasteiger partial charge is 0.381 e. The zero-order valence-electron chi connectivity index (χ0n) is 16.0. The summed E-state index contributed by atoms with van der Waals surface area (Å²) in [7, 11) is 1.77. The van der Waals surface area contributed by atoms with Crippen LogP contribution in [-0.4, -0.2) is 53.2 Å². The number of hydrogen-bond acceptors (Lipinski definition) is 3. The highest BCUT2D eigenvalue weighted by atomic mass is 19.4. The van der Waals surface area contributed by atoms with Crippen LogP contribution in [0.3, 0.4) is 0 Å². The highest BCUT2D eigenvalue weighted by molar-refractivity contribution is 5.90. The van der Waals surface area contributed by atoms with Gasteiger partial charge in [-0.1, -0.05) is 13.8 Å². The third-order valence-electron chi connectivity index (χ3n) is 5.75. The van der Waals surface area contributed by atoms with Crippen LogP contribution in [0, 0.1) is 11.3 Å². The second-order valence-electron chi connectivity index (χ2n) is 7.97. The number of hydrogen-bond donors (Lipinski definition) is 1. The summed E-state index contributed by atoms with van der Waals surface area (Å²) in [5, 5.41) is 7.20. The molecule has 0 saturated carbocycles. The second-order valence-corrected chi connectivity index (χ2v) is 7.97. The van der Waals surface area contributed by atoms with Crippen LogP contribution < -0.4 is 5.32 Å². The normalized spacial score (nSPS) is 23.1. The molecule has 27 heavy (non-hydrogen) atoms. The molecule has 0 aromatic carbocycles. The first-order valence-electron chi connectivity index (χ1n) is 9.36. The fourth-order valence-electron chi connectivity index (χ4n) is 4.35. The highest BCUT2D eigenvalue weighted by Crippen LogP contribution is 2.50. The zero-order chi connectivity index (χ0) is 19.8. The van der Waals surface area contributed by atoms with Crippen molar-refractivity contribution < 1.29 is 22.7 Å². The van der Waals surface area contributed by atoms with Crippen LogP contribution in [0.1, 0.15) is 44.7 Å². The number of urea groups is 1. The van der Waals surface area contributed by atoms with E-state index in [4.69, 9.17) is 4.74 Å². The largest absolute Gasteiger partial charge is 0.392 e. The molecule has 1 aromatic heterocycles. The van der Waals surface area contributed by atoms with E-state index in [1.807, 2.05) is 13.8 Å². The molecule has 1 unspecified atom stereocenters. The monoisotopic (exact) mass is 388 g/mol. The van der Waals surface area contributed by atoms with Gasteiger partial charge in [-0.2, -0.15) is 18.3 Å². The molecule has 3 heterocycles. The van der Waals surface area contributed by atoms with E-state index in [2.05, 4.69) is 10.4 Å². The standard InChI is InChI=1S/C18H27F3N4O2/c1-12(2)15-13(10-24(3)23-15)22-16(26)25-7-4-14(18(19,20)21)17(11-25)5-8-27-9-6-17/h10,12,14H,4-9,11H2,1-3H3,(H,22,26). The van der Waals surface area contributed by atoms with Gasteiger partial charge in [0.15, 0.2) is 0 Å². The van der Waals surface area contributed by atoms with Crippen molar-refractivity contribution in [2.24, 2.45) is 18.4 Å². The van der Waals surface area contributed by atoms with Crippen molar-refractivity contribution in [2.75, 3.05) is 31.6 Å². The van der Waals surface area contributed by atoms with E-state index in [-0.39, 0.29) is 31.5 Å². The molecule has 0 aliphatic carbocycles. The summed E-state index contributed by atoms with van der Waals surface area (Å²) in [6, 6.07) is -0.364. The average Bonchev–Trinajstić information content (AvgIpc) is 2.95. The molecule has 2 amide bonds. The Morgan fingerprint density at radius 3 is 2.63 bits per heavy atom. The highest BCUT2D eigenvalue weighted by Gasteiger charge is 2.56. The van der Waals surface area contributed by atoms with Crippen LogP contribution in [0.2, 0.25) is 0 Å². The van der Waals surface area contributed by atoms with Gasteiger partial charge in [0.05, 0.1) is 17.3 Å². The lowest BCUT2D eigenvalue weighted by atomic mass is 9.66. The molecule has 2 aliphatic rings. The van der Waals surface area contributed by atoms with Crippen molar-refractivity contribution in [3.63, 3.8) is 0 Å². The molecule has 1 N–H and O–H groups in total. The molecule has 3 rings (SSSR count). The molecule has 152 valence electrons. The van der Waals surface area contributed by atoms with E-state index < -0.39 is 17.5 Å². The summed E-state index contributed by atoms with van der Waals surface area (Å²) in [6.07, 6.45) is -1.95. The Balaban J connectivity index is 1.77. The molecule has 9 heteroatoms. The molecule has 0 bridgehead atoms. The SMILES string of the molecule is CC(C)c1nn(C)cc1NC(=O)N1CCC(C(F)(F)F)C2(CCOCC2)C1. The first-order valence-corrected chi connectivity index (χ1v) is 9.36. The topological polar surface area (TPSA) is 59.4 Å². The molecule has 1 spiro atoms. The lowest BCUT2D eigenvalue weighted by Gasteiger charge is -2.50. The van der Waals surface area contributed by atoms with Gasteiger partial charge in [0.2, 0.25) is 0 Å². The number of alkyl halides is 3. The first kappa shape index (κ1) is 20.0. The number of aryl methyl sites for hydroxylation is 1. The van der Waals surface area contributed by atoms with Crippen LogP contribution in [-0.2, 0) is 11.8 Å². The number of carbonyl (C=O) groups is 1. The summed E-state index contributed by atoms with van der Waals surface area (Å²) in [5.41, 5.74) is 0.412. The maximum Gasteiger partial charge on any atom is 0.392 e. The van der Waals surface area contributed by atoms with Gasteiger partial charge in [-0.3, -0.25) is 4.68 Å². The minimum Gasteiger partial charge on any atom is -0.381 e. The molecule has 1 aromatic rings. The Morgan fingerprint density at radius 1 is 1.37 bits per heavy atom. The van der Waals surface area contributed by atoms with Crippen molar-refractivity contribution in [3.8, 4) is 0 Å². The van der Waals surface area contributed by atoms with E-state index in [0.717, 1.165) is 5.69 Å². The lowest BCUT2D eigenvalue weighted by molar-refractivity contribution is -0.232. The van der Waals surface area contributed by atoms with Crippen molar-refractivity contribution >= 4 is 11.7 Å². The van der Waals surface area contributed by atoms with Crippen molar-refractivity contribution in [2.45, 2.75) is 45.2 Å². The maximum atomic E-state index is 13.6. The minimum atomic E-state index is -4.26. The van der Waals surface area contributed by atoms with Crippen molar-refractivity contribution in [1.82, 2.24) is 14.7 Å². The molecular weight excluding hydrogens is 361 g/mol. The Kier molecular flexibility index (Phi) is 5.42. The maximum absolute atomic E-state index is 13.6. The molecule has 0 radical (unpaired) electrons. The predicted octanol–water partition coefficient (Wildman–Crippen LogP) is 3.76. The predicted molar refractivity (Wildman–Crippen MR) is 94.5 cm³/mol. The number of nitrogens with zero attached hydrogens (tertiary/aromatic N) is 3. The second kappa shape index (κ2) is 7.33. The summed E-state index contributed by atoms with van der Waals surface area (Å²) in [4.78, 5) is 14.3. The van der Waals surface area contributed by atoms with E-state index in [1.54, 1.807) is 17.9 Å². The third kappa shape index (κ3) is 4.07. The number of piperidine rings is 1. The summed E-state index contributed by atoms with van der Waals surface area (Å²) in [5.74, 6) is -1.26. The average molecular weight is 388 g/mol. The lowest BCUT2D eigenvalue weighted by Crippen LogP contribution is -2.57. The van der Waals surface area contributed by atoms with Crippen molar-refractivity contribution in [3.05, 3.63) is 11.9 Å². The Labute approximate surface area is 157 Å². The Hall–Kier alpha value is -1.77. The quantitative estimate of drug-likeness (QED) is 0.839. The summed E-state index contributed by atoms with van der Waals surface area (Å²) < 4.78 is 47.8. The number of carbonyl (C=O) groups excluding carboxylic acids is 1. The van der Waals surface area contributed by atoms with E-state index in [0.29, 0.717) is 31.7 Å². The zero-order valence-corrected chi connectivity index (χ0v) is 16.0. The third-order valence-corrected chi connectivity index (χ3v) is 5.75. The number of halogens is 3. The number of aromatic nitrogens is 2. The van der Waals surface area contributed by atoms with Crippen LogP contribution >= 0.6 is 0 Å². The molecule has 2 saturated heterocycles. The van der Waals surface area contributed by atoms with Crippen LogP contribution in [0.25, 0.3) is 0 Å². The molecule has 1 atom stereocenters.